The number of nitrogens with zero attached hydrogens (tertiary/aromatic N) is 3. The average Bonchev–Trinajstić information content (AvgIpc) is 3.47. The number of halogens is 1. The van der Waals surface area contributed by atoms with E-state index in [0.29, 0.717) is 50.3 Å². The van der Waals surface area contributed by atoms with Gasteiger partial charge in [-0.1, -0.05) is 17.3 Å². The maximum Gasteiger partial charge on any atom is 0.317 e. The molecule has 168 valence electrons. The molecule has 0 radical (unpaired) electrons. The molecule has 2 aromatic rings. The summed E-state index contributed by atoms with van der Waals surface area (Å²) in [5.41, 5.74) is 0.853. The summed E-state index contributed by atoms with van der Waals surface area (Å²) in [7, 11) is 0. The van der Waals surface area contributed by atoms with Gasteiger partial charge < -0.3 is 24.2 Å². The van der Waals surface area contributed by atoms with Crippen LogP contribution >= 0.6 is 0 Å². The van der Waals surface area contributed by atoms with Crippen LogP contribution in [0.25, 0.3) is 0 Å². The van der Waals surface area contributed by atoms with E-state index in [-0.39, 0.29) is 17.8 Å². The minimum atomic E-state index is -0.290. The molecule has 2 fully saturated rings. The number of carbonyl (C=O) groups is 1. The fourth-order valence-corrected chi connectivity index (χ4v) is 3.90. The average molecular weight is 432 g/mol. The second kappa shape index (κ2) is 10.7. The van der Waals surface area contributed by atoms with Crippen LogP contribution in [0.5, 0.6) is 0 Å². The maximum absolute atomic E-state index is 13.0. The Labute approximate surface area is 181 Å². The van der Waals surface area contributed by atoms with Crippen LogP contribution < -0.4 is 5.32 Å². The first-order valence-electron chi connectivity index (χ1n) is 10.9. The van der Waals surface area contributed by atoms with E-state index in [2.05, 4.69) is 15.5 Å². The van der Waals surface area contributed by atoms with Crippen molar-refractivity contribution in [1.29, 1.82) is 0 Å². The molecule has 1 atom stereocenters. The summed E-state index contributed by atoms with van der Waals surface area (Å²) in [5.74, 6) is 1.55. The lowest BCUT2D eigenvalue weighted by molar-refractivity contribution is 0.0211. The van der Waals surface area contributed by atoms with E-state index in [1.165, 1.54) is 12.1 Å². The Morgan fingerprint density at radius 3 is 2.84 bits per heavy atom. The van der Waals surface area contributed by atoms with Crippen molar-refractivity contribution >= 4 is 6.03 Å². The molecule has 1 aromatic heterocycles. The number of hydrogen-bond acceptors (Lipinski definition) is 6. The first kappa shape index (κ1) is 21.7. The molecule has 2 amide bonds. The highest BCUT2D eigenvalue weighted by molar-refractivity contribution is 5.74. The molecule has 1 unspecified atom stereocenters. The Balaban J connectivity index is 1.17. The van der Waals surface area contributed by atoms with Gasteiger partial charge in [0.1, 0.15) is 5.82 Å². The first-order chi connectivity index (χ1) is 15.2. The van der Waals surface area contributed by atoms with Gasteiger partial charge in [0, 0.05) is 45.9 Å². The van der Waals surface area contributed by atoms with Crippen LogP contribution in [0.15, 0.2) is 28.8 Å². The van der Waals surface area contributed by atoms with Crippen molar-refractivity contribution in [2.45, 2.75) is 38.1 Å². The predicted molar refractivity (Wildman–Crippen MR) is 110 cm³/mol. The lowest BCUT2D eigenvalue weighted by atomic mass is 10.0. The molecular weight excluding hydrogens is 403 g/mol. The Morgan fingerprint density at radius 1 is 1.23 bits per heavy atom. The van der Waals surface area contributed by atoms with Gasteiger partial charge in [-0.05, 0) is 42.9 Å². The summed E-state index contributed by atoms with van der Waals surface area (Å²) in [6, 6.07) is 5.95. The predicted octanol–water partition coefficient (Wildman–Crippen LogP) is 2.89. The lowest BCUT2D eigenvalue weighted by Gasteiger charge is -2.21. The van der Waals surface area contributed by atoms with Crippen LogP contribution in [0.1, 0.15) is 42.5 Å². The molecule has 1 N–H and O–H groups in total. The zero-order valence-electron chi connectivity index (χ0n) is 17.6. The zero-order chi connectivity index (χ0) is 21.5. The molecule has 2 saturated heterocycles. The van der Waals surface area contributed by atoms with Crippen molar-refractivity contribution in [2.75, 3.05) is 39.5 Å². The molecule has 31 heavy (non-hydrogen) atoms. The van der Waals surface area contributed by atoms with Gasteiger partial charge in [-0.15, -0.1) is 0 Å². The number of nitrogens with one attached hydrogen (secondary N) is 1. The van der Waals surface area contributed by atoms with Crippen LogP contribution in [0, 0.1) is 11.7 Å². The number of rotatable bonds is 8. The number of likely N-dealkylation sites (tertiary alicyclic amines) is 1. The SMILES string of the molecule is O=C(NCc1ccc(F)cc1)N1CCC(c2nc(CCOCC3CCOCC3)no2)C1. The fourth-order valence-electron chi connectivity index (χ4n) is 3.90. The van der Waals surface area contributed by atoms with E-state index in [4.69, 9.17) is 14.0 Å². The molecule has 0 saturated carbocycles. The van der Waals surface area contributed by atoms with Crippen LogP contribution in [0.4, 0.5) is 9.18 Å². The molecule has 0 bridgehead atoms. The van der Waals surface area contributed by atoms with E-state index in [0.717, 1.165) is 44.6 Å². The third-order valence-corrected chi connectivity index (χ3v) is 5.83. The van der Waals surface area contributed by atoms with E-state index in [1.807, 2.05) is 0 Å². The second-order valence-corrected chi connectivity index (χ2v) is 8.15. The fraction of sp³-hybridized carbons (Fsp3) is 0.591. The van der Waals surface area contributed by atoms with Crippen molar-refractivity contribution in [3.63, 3.8) is 0 Å². The number of ether oxygens (including phenoxy) is 2. The molecule has 4 rings (SSSR count). The zero-order valence-corrected chi connectivity index (χ0v) is 17.6. The van der Waals surface area contributed by atoms with Crippen molar-refractivity contribution in [2.24, 2.45) is 5.92 Å². The Hall–Kier alpha value is -2.52. The van der Waals surface area contributed by atoms with Crippen molar-refractivity contribution in [3.8, 4) is 0 Å². The van der Waals surface area contributed by atoms with Gasteiger partial charge in [0.05, 0.1) is 12.5 Å². The standard InChI is InChI=1S/C22H29FN4O4/c23-19-3-1-16(2-4-19)13-24-22(28)27-9-5-18(14-27)21-25-20(26-31-21)8-12-30-15-17-6-10-29-11-7-17/h1-4,17-18H,5-15H2,(H,24,28). The third kappa shape index (κ3) is 6.24. The molecular formula is C22H29FN4O4. The van der Waals surface area contributed by atoms with Crippen LogP contribution in [-0.4, -0.2) is 60.6 Å². The summed E-state index contributed by atoms with van der Waals surface area (Å²) in [6.07, 6.45) is 3.51. The van der Waals surface area contributed by atoms with Crippen molar-refractivity contribution < 1.29 is 23.2 Å². The van der Waals surface area contributed by atoms with E-state index in [9.17, 15) is 9.18 Å². The van der Waals surface area contributed by atoms with Gasteiger partial charge in [-0.25, -0.2) is 9.18 Å². The van der Waals surface area contributed by atoms with Gasteiger partial charge in [0.15, 0.2) is 5.82 Å². The molecule has 2 aliphatic rings. The van der Waals surface area contributed by atoms with E-state index >= 15 is 0 Å². The lowest BCUT2D eigenvalue weighted by Crippen LogP contribution is -2.37. The normalized spacial score (nSPS) is 19.6. The summed E-state index contributed by atoms with van der Waals surface area (Å²) >= 11 is 0. The number of hydrogen-bond donors (Lipinski definition) is 1. The maximum atomic E-state index is 13.0. The Bertz CT molecular complexity index is 838. The van der Waals surface area contributed by atoms with Crippen LogP contribution in [0.3, 0.4) is 0 Å². The number of carbonyl (C=O) groups excluding carboxylic acids is 1. The molecule has 8 nitrogen and oxygen atoms in total. The second-order valence-electron chi connectivity index (χ2n) is 8.15. The first-order valence-corrected chi connectivity index (χ1v) is 10.9. The highest BCUT2D eigenvalue weighted by atomic mass is 19.1. The highest BCUT2D eigenvalue weighted by Crippen LogP contribution is 2.26. The topological polar surface area (TPSA) is 89.7 Å². The van der Waals surface area contributed by atoms with Crippen LogP contribution in [0.2, 0.25) is 0 Å². The van der Waals surface area contributed by atoms with Crippen molar-refractivity contribution in [1.82, 2.24) is 20.4 Å². The quantitative estimate of drug-likeness (QED) is 0.645. The molecule has 1 aromatic carbocycles. The Morgan fingerprint density at radius 2 is 2.03 bits per heavy atom. The minimum Gasteiger partial charge on any atom is -0.381 e. The molecule has 0 aliphatic carbocycles. The smallest absolute Gasteiger partial charge is 0.317 e. The summed E-state index contributed by atoms with van der Waals surface area (Å²) < 4.78 is 29.5. The van der Waals surface area contributed by atoms with Gasteiger partial charge in [0.25, 0.3) is 0 Å². The summed E-state index contributed by atoms with van der Waals surface area (Å²) in [6.45, 7) is 4.50. The highest BCUT2D eigenvalue weighted by Gasteiger charge is 2.31. The van der Waals surface area contributed by atoms with E-state index in [1.54, 1.807) is 17.0 Å². The summed E-state index contributed by atoms with van der Waals surface area (Å²) in [5, 5.41) is 6.93. The monoisotopic (exact) mass is 432 g/mol. The van der Waals surface area contributed by atoms with Gasteiger partial charge in [0.2, 0.25) is 5.89 Å². The molecule has 3 heterocycles. The van der Waals surface area contributed by atoms with Gasteiger partial charge >= 0.3 is 6.03 Å². The van der Waals surface area contributed by atoms with E-state index < -0.39 is 0 Å². The van der Waals surface area contributed by atoms with Gasteiger partial charge in [-0.2, -0.15) is 4.98 Å². The molecule has 9 heteroatoms. The largest absolute Gasteiger partial charge is 0.381 e. The minimum absolute atomic E-state index is 0.0426. The Kier molecular flexibility index (Phi) is 7.48. The number of benzene rings is 1. The van der Waals surface area contributed by atoms with Gasteiger partial charge in [-0.3, -0.25) is 0 Å². The third-order valence-electron chi connectivity index (χ3n) is 5.83. The number of urea groups is 1. The number of aromatic nitrogens is 2. The summed E-state index contributed by atoms with van der Waals surface area (Å²) in [4.78, 5) is 18.7. The number of amides is 2. The van der Waals surface area contributed by atoms with Crippen molar-refractivity contribution in [3.05, 3.63) is 47.4 Å². The molecule has 0 spiro atoms. The molecule has 2 aliphatic heterocycles. The van der Waals surface area contributed by atoms with Crippen LogP contribution in [-0.2, 0) is 22.4 Å².